The van der Waals surface area contributed by atoms with Crippen LogP contribution >= 0.6 is 11.8 Å². The van der Waals surface area contributed by atoms with Crippen LogP contribution in [0.15, 0.2) is 53.7 Å². The molecule has 0 spiro atoms. The number of nitro groups is 1. The number of amides is 1. The van der Waals surface area contributed by atoms with Gasteiger partial charge in [0, 0.05) is 6.07 Å². The van der Waals surface area contributed by atoms with Crippen molar-refractivity contribution in [2.24, 2.45) is 0 Å². The lowest BCUT2D eigenvalue weighted by Crippen LogP contribution is -2.15. The maximum Gasteiger partial charge on any atom is 0.292 e. The highest BCUT2D eigenvalue weighted by Crippen LogP contribution is 2.24. The zero-order chi connectivity index (χ0) is 19.2. The van der Waals surface area contributed by atoms with E-state index in [9.17, 15) is 14.9 Å². The minimum atomic E-state index is -0.564. The monoisotopic (exact) mass is 381 g/mol. The molecule has 11 heteroatoms. The van der Waals surface area contributed by atoms with Crippen molar-refractivity contribution in [3.63, 3.8) is 0 Å². The van der Waals surface area contributed by atoms with Gasteiger partial charge in [-0.3, -0.25) is 14.9 Å². The number of hydrogen-bond acceptors (Lipinski definition) is 8. The van der Waals surface area contributed by atoms with Gasteiger partial charge in [-0.05, 0) is 34.7 Å². The quantitative estimate of drug-likeness (QED) is 0.389. The van der Waals surface area contributed by atoms with E-state index in [1.54, 1.807) is 30.3 Å². The first kappa shape index (κ1) is 18.0. The summed E-state index contributed by atoms with van der Waals surface area (Å²) < 4.78 is 1.41. The molecule has 1 N–H and O–H groups in total. The van der Waals surface area contributed by atoms with Gasteiger partial charge in [-0.1, -0.05) is 30.0 Å². The van der Waals surface area contributed by atoms with E-state index in [1.807, 2.05) is 6.07 Å². The smallest absolute Gasteiger partial charge is 0.292 e. The highest BCUT2D eigenvalue weighted by atomic mass is 32.2. The molecule has 0 fully saturated rings. The van der Waals surface area contributed by atoms with E-state index in [1.165, 1.54) is 22.9 Å². The van der Waals surface area contributed by atoms with E-state index >= 15 is 0 Å². The Kier molecular flexibility index (Phi) is 5.38. The van der Waals surface area contributed by atoms with Crippen molar-refractivity contribution in [2.75, 3.05) is 11.1 Å². The van der Waals surface area contributed by atoms with E-state index < -0.39 is 10.8 Å². The van der Waals surface area contributed by atoms with Crippen molar-refractivity contribution in [3.05, 3.63) is 64.2 Å². The second-order valence-electron chi connectivity index (χ2n) is 5.15. The third kappa shape index (κ3) is 4.25. The Hall–Kier alpha value is -3.78. The summed E-state index contributed by atoms with van der Waals surface area (Å²) in [5.41, 5.74) is 0.970. The SMILES string of the molecule is N#Cc1cccc(-n2nnnc2SCC(=O)Nc2ccccc2[N+](=O)[O-])c1. The zero-order valence-electron chi connectivity index (χ0n) is 13.6. The molecule has 0 bridgehead atoms. The topological polar surface area (TPSA) is 140 Å². The molecular formula is C16H11N7O3S. The number of nitriles is 1. The fraction of sp³-hybridized carbons (Fsp3) is 0.0625. The number of anilines is 1. The molecule has 27 heavy (non-hydrogen) atoms. The number of rotatable bonds is 6. The third-order valence-corrected chi connectivity index (χ3v) is 4.29. The Balaban J connectivity index is 1.70. The highest BCUT2D eigenvalue weighted by molar-refractivity contribution is 7.99. The van der Waals surface area contributed by atoms with Gasteiger partial charge in [0.2, 0.25) is 11.1 Å². The van der Waals surface area contributed by atoms with Gasteiger partial charge >= 0.3 is 0 Å². The first-order chi connectivity index (χ1) is 13.1. The number of aromatic nitrogens is 4. The summed E-state index contributed by atoms with van der Waals surface area (Å²) in [6.45, 7) is 0. The van der Waals surface area contributed by atoms with Gasteiger partial charge in [-0.2, -0.15) is 9.94 Å². The zero-order valence-corrected chi connectivity index (χ0v) is 14.5. The minimum Gasteiger partial charge on any atom is -0.320 e. The number of carbonyl (C=O) groups is 1. The van der Waals surface area contributed by atoms with Gasteiger partial charge in [-0.25, -0.2) is 0 Å². The Morgan fingerprint density at radius 3 is 2.89 bits per heavy atom. The van der Waals surface area contributed by atoms with Crippen LogP contribution in [0.3, 0.4) is 0 Å². The number of para-hydroxylation sites is 2. The molecule has 0 saturated carbocycles. The molecular weight excluding hydrogens is 370 g/mol. The summed E-state index contributed by atoms with van der Waals surface area (Å²) in [4.78, 5) is 22.6. The van der Waals surface area contributed by atoms with Crippen molar-refractivity contribution in [1.82, 2.24) is 20.2 Å². The third-order valence-electron chi connectivity index (χ3n) is 3.37. The van der Waals surface area contributed by atoms with Crippen molar-refractivity contribution in [2.45, 2.75) is 5.16 Å². The summed E-state index contributed by atoms with van der Waals surface area (Å²) in [6, 6.07) is 14.6. The maximum atomic E-state index is 12.2. The van der Waals surface area contributed by atoms with Gasteiger partial charge in [0.25, 0.3) is 5.69 Å². The number of nitrogens with one attached hydrogen (secondary N) is 1. The average molecular weight is 381 g/mol. The van der Waals surface area contributed by atoms with Crippen molar-refractivity contribution >= 4 is 29.0 Å². The van der Waals surface area contributed by atoms with Crippen LogP contribution in [-0.2, 0) is 4.79 Å². The molecule has 0 aliphatic rings. The summed E-state index contributed by atoms with van der Waals surface area (Å²) >= 11 is 1.07. The van der Waals surface area contributed by atoms with Gasteiger partial charge in [0.1, 0.15) is 5.69 Å². The first-order valence-corrected chi connectivity index (χ1v) is 8.52. The first-order valence-electron chi connectivity index (χ1n) is 7.53. The lowest BCUT2D eigenvalue weighted by Gasteiger charge is -2.06. The Bertz CT molecular complexity index is 1040. The molecule has 0 unspecified atom stereocenters. The standard InChI is InChI=1S/C16H11N7O3S/c17-9-11-4-3-5-12(8-11)22-16(19-20-21-22)27-10-15(24)18-13-6-1-2-7-14(13)23(25)26/h1-8H,10H2,(H,18,24). The predicted octanol–water partition coefficient (Wildman–Crippen LogP) is 2.17. The summed E-state index contributed by atoms with van der Waals surface area (Å²) in [5, 5.41) is 34.2. The lowest BCUT2D eigenvalue weighted by molar-refractivity contribution is -0.383. The van der Waals surface area contributed by atoms with Crippen LogP contribution in [0.4, 0.5) is 11.4 Å². The fourth-order valence-corrected chi connectivity index (χ4v) is 2.88. The van der Waals surface area contributed by atoms with Crippen molar-refractivity contribution < 1.29 is 9.72 Å². The van der Waals surface area contributed by atoms with E-state index in [0.29, 0.717) is 16.4 Å². The largest absolute Gasteiger partial charge is 0.320 e. The van der Waals surface area contributed by atoms with Gasteiger partial charge in [0.15, 0.2) is 0 Å². The molecule has 0 saturated heterocycles. The number of nitrogens with zero attached hydrogens (tertiary/aromatic N) is 6. The number of nitro benzene ring substituents is 1. The van der Waals surface area contributed by atoms with Crippen LogP contribution in [0.5, 0.6) is 0 Å². The number of thioether (sulfide) groups is 1. The highest BCUT2D eigenvalue weighted by Gasteiger charge is 2.16. The fourth-order valence-electron chi connectivity index (χ4n) is 2.19. The van der Waals surface area contributed by atoms with Crippen LogP contribution in [0.2, 0.25) is 0 Å². The van der Waals surface area contributed by atoms with Gasteiger partial charge in [0.05, 0.1) is 28.0 Å². The number of benzene rings is 2. The van der Waals surface area contributed by atoms with Crippen molar-refractivity contribution in [3.8, 4) is 11.8 Å². The van der Waals surface area contributed by atoms with Gasteiger partial charge < -0.3 is 5.32 Å². The molecule has 0 radical (unpaired) electrons. The van der Waals surface area contributed by atoms with Crippen LogP contribution in [-0.4, -0.2) is 36.8 Å². The van der Waals surface area contributed by atoms with Crippen LogP contribution in [0, 0.1) is 21.4 Å². The van der Waals surface area contributed by atoms with Crippen molar-refractivity contribution in [1.29, 1.82) is 5.26 Å². The predicted molar refractivity (Wildman–Crippen MR) is 96.3 cm³/mol. The molecule has 0 aliphatic heterocycles. The molecule has 2 aromatic carbocycles. The van der Waals surface area contributed by atoms with Crippen LogP contribution in [0.25, 0.3) is 5.69 Å². The Morgan fingerprint density at radius 1 is 1.30 bits per heavy atom. The number of tetrazole rings is 1. The molecule has 3 aromatic rings. The van der Waals surface area contributed by atoms with E-state index in [-0.39, 0.29) is 17.1 Å². The summed E-state index contributed by atoms with van der Waals surface area (Å²) in [6.07, 6.45) is 0. The van der Waals surface area contributed by atoms with Crippen LogP contribution < -0.4 is 5.32 Å². The molecule has 1 heterocycles. The van der Waals surface area contributed by atoms with E-state index in [4.69, 9.17) is 5.26 Å². The normalized spacial score (nSPS) is 10.2. The van der Waals surface area contributed by atoms with E-state index in [2.05, 4.69) is 20.8 Å². The van der Waals surface area contributed by atoms with Gasteiger partial charge in [-0.15, -0.1) is 5.10 Å². The molecule has 0 aliphatic carbocycles. The second kappa shape index (κ2) is 8.07. The molecule has 3 rings (SSSR count). The number of carbonyl (C=O) groups excluding carboxylic acids is 1. The molecule has 1 amide bonds. The second-order valence-corrected chi connectivity index (χ2v) is 6.09. The van der Waals surface area contributed by atoms with E-state index in [0.717, 1.165) is 11.8 Å². The Labute approximate surface area is 157 Å². The lowest BCUT2D eigenvalue weighted by atomic mass is 10.2. The average Bonchev–Trinajstić information content (AvgIpc) is 3.15. The maximum absolute atomic E-state index is 12.2. The Morgan fingerprint density at radius 2 is 2.11 bits per heavy atom. The number of hydrogen-bond donors (Lipinski definition) is 1. The minimum absolute atomic E-state index is 0.0512. The van der Waals surface area contributed by atoms with Crippen LogP contribution in [0.1, 0.15) is 5.56 Å². The molecule has 1 aromatic heterocycles. The molecule has 0 atom stereocenters. The molecule has 10 nitrogen and oxygen atoms in total. The molecule has 134 valence electrons. The summed E-state index contributed by atoms with van der Waals surface area (Å²) in [7, 11) is 0. The summed E-state index contributed by atoms with van der Waals surface area (Å²) in [5.74, 6) is -0.487.